The number of hydrogen-bond acceptors (Lipinski definition) is 10. The lowest BCUT2D eigenvalue weighted by atomic mass is 9.85. The van der Waals surface area contributed by atoms with E-state index in [4.69, 9.17) is 10.5 Å². The number of halogens is 4. The highest BCUT2D eigenvalue weighted by molar-refractivity contribution is 7.91. The molecule has 3 aliphatic rings. The van der Waals surface area contributed by atoms with Crippen LogP contribution >= 0.6 is 11.3 Å². The average Bonchev–Trinajstić information content (AvgIpc) is 4.03. The summed E-state index contributed by atoms with van der Waals surface area (Å²) in [5.41, 5.74) is 6.85. The van der Waals surface area contributed by atoms with Gasteiger partial charge in [-0.1, -0.05) is 40.7 Å². The fraction of sp³-hybridized carbons (Fsp3) is 0.489. The number of pyridine rings is 1. The van der Waals surface area contributed by atoms with Crippen molar-refractivity contribution < 1.29 is 45.1 Å². The molecule has 13 nitrogen and oxygen atoms in total. The van der Waals surface area contributed by atoms with E-state index in [1.807, 2.05) is 18.4 Å². The quantitative estimate of drug-likeness (QED) is 0.0851. The molecule has 4 atom stereocenters. The van der Waals surface area contributed by atoms with Gasteiger partial charge in [-0.3, -0.25) is 23.9 Å². The first-order valence-electron chi connectivity index (χ1n) is 20.8. The summed E-state index contributed by atoms with van der Waals surface area (Å²) in [5.74, 6) is -1.40. The van der Waals surface area contributed by atoms with Crippen molar-refractivity contribution >= 4 is 55.7 Å². The molecule has 2 aromatic heterocycles. The smallest absolute Gasteiger partial charge is 0.416 e. The highest BCUT2D eigenvalue weighted by Gasteiger charge is 2.52. The van der Waals surface area contributed by atoms with Gasteiger partial charge < -0.3 is 25.7 Å². The third-order valence-corrected chi connectivity index (χ3v) is 14.7. The number of aryl methyl sites for hydroxylation is 1. The number of nitrogens with zero attached hydrogens (tertiary/aromatic N) is 2. The highest BCUT2D eigenvalue weighted by Crippen LogP contribution is 2.44. The fourth-order valence-electron chi connectivity index (χ4n) is 7.15. The van der Waals surface area contributed by atoms with E-state index in [2.05, 4.69) is 40.4 Å². The van der Waals surface area contributed by atoms with Gasteiger partial charge in [-0.2, -0.15) is 13.2 Å². The molecule has 2 aliphatic carbocycles. The Balaban J connectivity index is 0.000000188. The number of anilines is 1. The number of rotatable bonds is 11. The number of carbonyl (C=O) groups is 3. The Morgan fingerprint density at radius 1 is 1.12 bits per heavy atom. The summed E-state index contributed by atoms with van der Waals surface area (Å²) in [6.07, 6.45) is 0.0455. The van der Waals surface area contributed by atoms with Crippen LogP contribution in [-0.2, 0) is 30.6 Å². The third-order valence-electron chi connectivity index (χ3n) is 11.6. The molecule has 4 aromatic rings. The molecule has 19 heteroatoms. The Hall–Kier alpha value is -5.30. The van der Waals surface area contributed by atoms with Gasteiger partial charge in [-0.25, -0.2) is 17.8 Å². The molecule has 1 saturated heterocycles. The second-order valence-corrected chi connectivity index (χ2v) is 21.1. The van der Waals surface area contributed by atoms with Crippen molar-refractivity contribution in [2.45, 2.75) is 109 Å². The van der Waals surface area contributed by atoms with Gasteiger partial charge in [-0.15, -0.1) is 17.9 Å². The molecule has 1 aliphatic heterocycles. The third kappa shape index (κ3) is 11.5. The number of thiazole rings is 1. The van der Waals surface area contributed by atoms with Gasteiger partial charge in [0, 0.05) is 40.5 Å². The number of sulfonamides is 1. The molecular formula is C45H56F4N6O7S2. The number of primary amides is 1. The fourth-order valence-corrected chi connectivity index (χ4v) is 9.40. The molecule has 3 heterocycles. The minimum atomic E-state index is -4.72. The molecule has 348 valence electrons. The maximum Gasteiger partial charge on any atom is 0.416 e. The lowest BCUT2D eigenvalue weighted by Gasteiger charge is -2.35. The van der Waals surface area contributed by atoms with Gasteiger partial charge >= 0.3 is 6.18 Å². The Bertz CT molecular complexity index is 2580. The summed E-state index contributed by atoms with van der Waals surface area (Å²) < 4.78 is 82.7. The maximum atomic E-state index is 13.7. The lowest BCUT2D eigenvalue weighted by Crippen LogP contribution is -2.53. The van der Waals surface area contributed by atoms with E-state index < -0.39 is 61.6 Å². The van der Waals surface area contributed by atoms with Crippen LogP contribution in [0.25, 0.3) is 21.6 Å². The molecule has 3 amide bonds. The number of ether oxygens (including phenoxy) is 1. The molecule has 7 rings (SSSR count). The highest BCUT2D eigenvalue weighted by atomic mass is 32.2. The number of H-pyrrole nitrogens is 1. The number of fused-ring (bicyclic) bond motifs is 1. The number of methoxy groups -OCH3 is 1. The van der Waals surface area contributed by atoms with Crippen LogP contribution in [0.3, 0.4) is 0 Å². The molecule has 4 unspecified atom stereocenters. The molecule has 2 aromatic carbocycles. The summed E-state index contributed by atoms with van der Waals surface area (Å²) in [7, 11) is -1.83. The van der Waals surface area contributed by atoms with Crippen molar-refractivity contribution in [3.05, 3.63) is 87.3 Å². The zero-order valence-corrected chi connectivity index (χ0v) is 38.7. The molecule has 64 heavy (non-hydrogen) atoms. The molecule has 3 fully saturated rings. The predicted molar refractivity (Wildman–Crippen MR) is 240 cm³/mol. The maximum absolute atomic E-state index is 13.7. The van der Waals surface area contributed by atoms with Crippen LogP contribution in [0, 0.1) is 30.0 Å². The van der Waals surface area contributed by atoms with Crippen LogP contribution in [0.1, 0.15) is 96.4 Å². The minimum Gasteiger partial charge on any atom is -0.496 e. The van der Waals surface area contributed by atoms with Crippen LogP contribution in [0.15, 0.2) is 59.2 Å². The van der Waals surface area contributed by atoms with Crippen molar-refractivity contribution in [1.82, 2.24) is 19.6 Å². The first-order chi connectivity index (χ1) is 29.7. The topological polar surface area (TPSA) is 194 Å². The van der Waals surface area contributed by atoms with Crippen LogP contribution in [0.4, 0.5) is 23.2 Å². The second-order valence-electron chi connectivity index (χ2n) is 18.0. The van der Waals surface area contributed by atoms with E-state index in [0.29, 0.717) is 49.6 Å². The number of likely N-dealkylation sites (tertiary alicyclic amines) is 1. The van der Waals surface area contributed by atoms with Gasteiger partial charge in [0.15, 0.2) is 5.43 Å². The lowest BCUT2D eigenvalue weighted by molar-refractivity contribution is -0.139. The van der Waals surface area contributed by atoms with Crippen molar-refractivity contribution in [3.63, 3.8) is 0 Å². The standard InChI is InChI=1S/C18H23F4N3O2.C17H18N2O2S.C10H15NO3S/c1-17(2,3)14(16(27)25-6-4-5-13(25)15(23)26)24-12-8-10(18(20,21)22)7-11(19)9-12;1-9(2)13-8-22-17(19-13)12-7-14(20)11-5-6-15(21-4)10(3)16(11)18-12;1-3-7-6-8(7)9(12)11-15(13,14)10(2)4-5-10/h7-9,13-14,24H,4-6H2,1-3H3,(H2,23,26);5-9H,1-4H3,(H,18,20);3,7-8H,1,4-6H2,2H3,(H,11,12). The monoisotopic (exact) mass is 932 g/mol. The number of amides is 3. The van der Waals surface area contributed by atoms with E-state index in [9.17, 15) is 45.2 Å². The van der Waals surface area contributed by atoms with Gasteiger partial charge in [-0.05, 0) is 93.5 Å². The summed E-state index contributed by atoms with van der Waals surface area (Å²) in [4.78, 5) is 57.8. The summed E-state index contributed by atoms with van der Waals surface area (Å²) >= 11 is 1.55. The van der Waals surface area contributed by atoms with Gasteiger partial charge in [0.2, 0.25) is 27.7 Å². The molecule has 0 bridgehead atoms. The van der Waals surface area contributed by atoms with E-state index in [1.54, 1.807) is 64.4 Å². The predicted octanol–water partition coefficient (Wildman–Crippen LogP) is 8.05. The number of hydrogen-bond donors (Lipinski definition) is 4. The number of aromatic nitrogens is 2. The number of nitrogens with two attached hydrogens (primary N) is 1. The number of alkyl halides is 3. The number of allylic oxidation sites excluding steroid dienone is 1. The Morgan fingerprint density at radius 3 is 2.33 bits per heavy atom. The van der Waals surface area contributed by atoms with Crippen LogP contribution in [0.2, 0.25) is 0 Å². The Morgan fingerprint density at radius 2 is 1.80 bits per heavy atom. The number of nitrogens with one attached hydrogen (secondary N) is 3. The zero-order valence-electron chi connectivity index (χ0n) is 37.1. The van der Waals surface area contributed by atoms with E-state index >= 15 is 0 Å². The van der Waals surface area contributed by atoms with E-state index in [0.717, 1.165) is 51.8 Å². The molecular weight excluding hydrogens is 877 g/mol. The van der Waals surface area contributed by atoms with Crippen LogP contribution in [0.5, 0.6) is 5.75 Å². The van der Waals surface area contributed by atoms with Gasteiger partial charge in [0.05, 0.1) is 34.3 Å². The minimum absolute atomic E-state index is 0.00389. The SMILES string of the molecule is C=CC1CC1C(=O)NS(=O)(=O)C1(C)CC1.CC(C)(C)C(Nc1cc(F)cc(C(F)(F)F)c1)C(=O)N1CCCC1C(N)=O.COc1ccc2c(=O)cc(-c3nc(C(C)C)cs3)[nH]c2c1C. The van der Waals surface area contributed by atoms with Crippen LogP contribution < -0.4 is 25.9 Å². The molecule has 5 N–H and O–H groups in total. The first kappa shape index (κ1) is 49.7. The van der Waals surface area contributed by atoms with Crippen molar-refractivity contribution in [3.8, 4) is 16.5 Å². The van der Waals surface area contributed by atoms with Gasteiger partial charge in [0.25, 0.3) is 0 Å². The zero-order chi connectivity index (χ0) is 47.7. The van der Waals surface area contributed by atoms with Crippen molar-refractivity contribution in [2.24, 2.45) is 23.0 Å². The Labute approximate surface area is 374 Å². The summed E-state index contributed by atoms with van der Waals surface area (Å²) in [5, 5.41) is 6.27. The van der Waals surface area contributed by atoms with Gasteiger partial charge in [0.1, 0.15) is 28.7 Å². The first-order valence-corrected chi connectivity index (χ1v) is 23.2. The largest absolute Gasteiger partial charge is 0.496 e. The normalized spacial score (nSPS) is 19.4. The molecule has 2 saturated carbocycles. The average molecular weight is 933 g/mol. The van der Waals surface area contributed by atoms with Crippen LogP contribution in [-0.4, -0.2) is 71.5 Å². The summed E-state index contributed by atoms with van der Waals surface area (Å²) in [6, 6.07) is 5.57. The van der Waals surface area contributed by atoms with Crippen molar-refractivity contribution in [2.75, 3.05) is 19.0 Å². The number of carbonyl (C=O) groups excluding carboxylic acids is 3. The van der Waals surface area contributed by atoms with E-state index in [-0.39, 0.29) is 28.9 Å². The summed E-state index contributed by atoms with van der Waals surface area (Å²) in [6.45, 7) is 16.9. The molecule has 0 radical (unpaired) electrons. The Kier molecular flexibility index (Phi) is 14.8. The molecule has 0 spiro atoms. The van der Waals surface area contributed by atoms with E-state index in [1.165, 1.54) is 4.90 Å². The number of benzene rings is 2. The number of aromatic amines is 1. The second kappa shape index (κ2) is 19.0. The van der Waals surface area contributed by atoms with Crippen molar-refractivity contribution in [1.29, 1.82) is 0 Å².